The number of pyridine rings is 1. The number of ether oxygens (including phenoxy) is 1. The van der Waals surface area contributed by atoms with Crippen LogP contribution in [-0.2, 0) is 6.42 Å². The van der Waals surface area contributed by atoms with Crippen molar-refractivity contribution < 1.29 is 22.7 Å². The Labute approximate surface area is 194 Å². The van der Waals surface area contributed by atoms with Gasteiger partial charge in [0.1, 0.15) is 11.6 Å². The van der Waals surface area contributed by atoms with Crippen molar-refractivity contribution in [1.82, 2.24) is 10.3 Å². The summed E-state index contributed by atoms with van der Waals surface area (Å²) >= 11 is 0. The highest BCUT2D eigenvalue weighted by Gasteiger charge is 2.25. The molecule has 1 aliphatic rings. The van der Waals surface area contributed by atoms with Crippen LogP contribution in [0.3, 0.4) is 0 Å². The number of halogens is 3. The van der Waals surface area contributed by atoms with Gasteiger partial charge in [0.15, 0.2) is 11.6 Å². The van der Waals surface area contributed by atoms with Gasteiger partial charge in [0, 0.05) is 40.8 Å². The summed E-state index contributed by atoms with van der Waals surface area (Å²) in [5.41, 5.74) is 2.46. The van der Waals surface area contributed by atoms with Crippen molar-refractivity contribution in [2.45, 2.75) is 25.8 Å². The zero-order valence-electron chi connectivity index (χ0n) is 18.4. The third kappa shape index (κ3) is 3.77. The van der Waals surface area contributed by atoms with E-state index in [0.717, 1.165) is 22.9 Å². The van der Waals surface area contributed by atoms with Crippen LogP contribution in [0, 0.1) is 17.5 Å². The Morgan fingerprint density at radius 3 is 2.74 bits per heavy atom. The number of hydrogen-bond donors (Lipinski definition) is 1. The molecule has 0 radical (unpaired) electrons. The van der Waals surface area contributed by atoms with Gasteiger partial charge in [0.2, 0.25) is 0 Å². The monoisotopic (exact) mass is 462 g/mol. The molecular formula is C27H21F3N2O2. The Morgan fingerprint density at radius 1 is 1.09 bits per heavy atom. The summed E-state index contributed by atoms with van der Waals surface area (Å²) in [6, 6.07) is 13.8. The number of nitrogens with one attached hydrogen (secondary N) is 1. The fraction of sp³-hybridized carbons (Fsp3) is 0.185. The summed E-state index contributed by atoms with van der Waals surface area (Å²) in [6.07, 6.45) is 2.59. The highest BCUT2D eigenvalue weighted by molar-refractivity contribution is 6.03. The molecule has 0 spiro atoms. The zero-order valence-corrected chi connectivity index (χ0v) is 18.4. The van der Waals surface area contributed by atoms with E-state index in [4.69, 9.17) is 4.74 Å². The topological polar surface area (TPSA) is 51.2 Å². The van der Waals surface area contributed by atoms with E-state index >= 15 is 0 Å². The highest BCUT2D eigenvalue weighted by Crippen LogP contribution is 2.35. The second-order valence-corrected chi connectivity index (χ2v) is 8.16. The molecule has 1 aliphatic heterocycles. The molecule has 172 valence electrons. The fourth-order valence-electron chi connectivity index (χ4n) is 4.55. The van der Waals surface area contributed by atoms with Crippen molar-refractivity contribution in [3.8, 4) is 16.9 Å². The Kier molecular flexibility index (Phi) is 5.69. The largest absolute Gasteiger partial charge is 0.493 e. The van der Waals surface area contributed by atoms with E-state index in [1.165, 1.54) is 6.20 Å². The molecule has 1 N–H and O–H groups in total. The number of aromatic nitrogens is 1. The predicted octanol–water partition coefficient (Wildman–Crippen LogP) is 6.14. The van der Waals surface area contributed by atoms with Gasteiger partial charge in [-0.25, -0.2) is 13.2 Å². The number of hydrogen-bond acceptors (Lipinski definition) is 3. The second-order valence-electron chi connectivity index (χ2n) is 8.16. The molecule has 1 aromatic heterocycles. The molecule has 2 heterocycles. The van der Waals surface area contributed by atoms with Crippen LogP contribution < -0.4 is 10.1 Å². The number of fused-ring (bicyclic) bond motifs is 2. The standard InChI is InChI=1S/C27H21F3N2O2/c1-2-16-17-7-5-8-18(20-12-15(28)13-22(29)25(20)30)26(17)31-14-21(16)27(33)32-23-10-11-34-24-9-4-3-6-19(23)24/h3-9,12-14,23H,2,10-11H2,1H3,(H,32,33)/t23-/m0/s1. The minimum atomic E-state index is -1.27. The molecule has 4 nitrogen and oxygen atoms in total. The van der Waals surface area contributed by atoms with Crippen LogP contribution >= 0.6 is 0 Å². The van der Waals surface area contributed by atoms with Crippen molar-refractivity contribution in [3.05, 3.63) is 94.9 Å². The van der Waals surface area contributed by atoms with Gasteiger partial charge in [0.25, 0.3) is 5.91 Å². The van der Waals surface area contributed by atoms with Crippen LogP contribution in [0.25, 0.3) is 22.0 Å². The quantitative estimate of drug-likeness (QED) is 0.371. The molecule has 0 unspecified atom stereocenters. The summed E-state index contributed by atoms with van der Waals surface area (Å²) in [4.78, 5) is 17.7. The van der Waals surface area contributed by atoms with E-state index in [-0.39, 0.29) is 23.1 Å². The molecule has 1 atom stereocenters. The molecule has 5 rings (SSSR count). The molecule has 34 heavy (non-hydrogen) atoms. The third-order valence-corrected chi connectivity index (χ3v) is 6.15. The smallest absolute Gasteiger partial charge is 0.253 e. The minimum absolute atomic E-state index is 0.200. The lowest BCUT2D eigenvalue weighted by atomic mass is 9.95. The molecular weight excluding hydrogens is 441 g/mol. The summed E-state index contributed by atoms with van der Waals surface area (Å²) in [5, 5.41) is 3.71. The van der Waals surface area contributed by atoms with Gasteiger partial charge in [0.05, 0.1) is 23.7 Å². The third-order valence-electron chi connectivity index (χ3n) is 6.15. The van der Waals surface area contributed by atoms with Crippen molar-refractivity contribution in [3.63, 3.8) is 0 Å². The normalized spacial score (nSPS) is 15.0. The van der Waals surface area contributed by atoms with Gasteiger partial charge in [-0.2, -0.15) is 0 Å². The van der Waals surface area contributed by atoms with Crippen molar-refractivity contribution in [2.24, 2.45) is 0 Å². The Hall–Kier alpha value is -3.87. The first-order valence-electron chi connectivity index (χ1n) is 11.1. The van der Waals surface area contributed by atoms with E-state index in [2.05, 4.69) is 10.3 Å². The average molecular weight is 462 g/mol. The maximum atomic E-state index is 14.5. The van der Waals surface area contributed by atoms with Crippen LogP contribution in [0.5, 0.6) is 5.75 Å². The van der Waals surface area contributed by atoms with Crippen LogP contribution in [0.15, 0.2) is 60.8 Å². The first-order valence-corrected chi connectivity index (χ1v) is 11.1. The zero-order chi connectivity index (χ0) is 23.8. The number of para-hydroxylation sites is 2. The van der Waals surface area contributed by atoms with Crippen LogP contribution in [-0.4, -0.2) is 17.5 Å². The van der Waals surface area contributed by atoms with Crippen molar-refractivity contribution in [2.75, 3.05) is 6.61 Å². The van der Waals surface area contributed by atoms with E-state index in [1.807, 2.05) is 31.2 Å². The van der Waals surface area contributed by atoms with Gasteiger partial charge in [-0.15, -0.1) is 0 Å². The van der Waals surface area contributed by atoms with E-state index < -0.39 is 17.5 Å². The Bertz CT molecular complexity index is 1420. The van der Waals surface area contributed by atoms with E-state index in [1.54, 1.807) is 18.2 Å². The lowest BCUT2D eigenvalue weighted by Crippen LogP contribution is -2.32. The number of carbonyl (C=O) groups excluding carboxylic acids is 1. The van der Waals surface area contributed by atoms with E-state index in [0.29, 0.717) is 42.0 Å². The Morgan fingerprint density at radius 2 is 1.91 bits per heavy atom. The second kappa shape index (κ2) is 8.82. The fourth-order valence-corrected chi connectivity index (χ4v) is 4.55. The molecule has 0 saturated carbocycles. The number of carbonyl (C=O) groups is 1. The van der Waals surface area contributed by atoms with Crippen LogP contribution in [0.2, 0.25) is 0 Å². The number of aryl methyl sites for hydroxylation is 1. The van der Waals surface area contributed by atoms with Gasteiger partial charge < -0.3 is 10.1 Å². The first-order chi connectivity index (χ1) is 16.5. The molecule has 0 fully saturated rings. The molecule has 4 aromatic rings. The van der Waals surface area contributed by atoms with Crippen LogP contribution in [0.4, 0.5) is 13.2 Å². The average Bonchev–Trinajstić information content (AvgIpc) is 2.85. The van der Waals surface area contributed by atoms with Crippen molar-refractivity contribution in [1.29, 1.82) is 0 Å². The number of nitrogens with zero attached hydrogens (tertiary/aromatic N) is 1. The summed E-state index contributed by atoms with van der Waals surface area (Å²) in [5.74, 6) is -2.82. The Balaban J connectivity index is 1.56. The number of benzene rings is 3. The molecule has 1 amide bonds. The van der Waals surface area contributed by atoms with Gasteiger partial charge in [-0.05, 0) is 24.1 Å². The lowest BCUT2D eigenvalue weighted by molar-refractivity contribution is 0.0923. The number of amides is 1. The SMILES string of the molecule is CCc1c(C(=O)N[C@H]2CCOc3ccccc32)cnc2c(-c3cc(F)cc(F)c3F)cccc12. The summed E-state index contributed by atoms with van der Waals surface area (Å²) in [7, 11) is 0. The minimum Gasteiger partial charge on any atom is -0.493 e. The van der Waals surface area contributed by atoms with Gasteiger partial charge in [-0.1, -0.05) is 43.3 Å². The van der Waals surface area contributed by atoms with Crippen molar-refractivity contribution >= 4 is 16.8 Å². The molecule has 0 bridgehead atoms. The molecule has 7 heteroatoms. The molecule has 3 aromatic carbocycles. The number of rotatable bonds is 4. The van der Waals surface area contributed by atoms with E-state index in [9.17, 15) is 18.0 Å². The molecule has 0 saturated heterocycles. The summed E-state index contributed by atoms with van der Waals surface area (Å²) < 4.78 is 47.9. The maximum Gasteiger partial charge on any atom is 0.253 e. The lowest BCUT2D eigenvalue weighted by Gasteiger charge is -2.27. The highest BCUT2D eigenvalue weighted by atomic mass is 19.2. The van der Waals surface area contributed by atoms with Gasteiger partial charge >= 0.3 is 0 Å². The maximum absolute atomic E-state index is 14.5. The molecule has 0 aliphatic carbocycles. The van der Waals surface area contributed by atoms with Crippen LogP contribution in [0.1, 0.15) is 40.9 Å². The first kappa shape index (κ1) is 21.9. The predicted molar refractivity (Wildman–Crippen MR) is 123 cm³/mol. The summed E-state index contributed by atoms with van der Waals surface area (Å²) in [6.45, 7) is 2.40. The van der Waals surface area contributed by atoms with Gasteiger partial charge in [-0.3, -0.25) is 9.78 Å².